The van der Waals surface area contributed by atoms with E-state index in [1.54, 1.807) is 48.5 Å². The van der Waals surface area contributed by atoms with Crippen LogP contribution >= 0.6 is 0 Å². The van der Waals surface area contributed by atoms with Gasteiger partial charge in [0.2, 0.25) is 11.8 Å². The van der Waals surface area contributed by atoms with E-state index in [-0.39, 0.29) is 11.8 Å². The largest absolute Gasteiger partial charge is 0.457 e. The molecule has 0 radical (unpaired) electrons. The SMILES string of the molecule is C=C1[C@H](C(=O)Nc2ccc(Oc3ccccc3)cc2)[C@@H]1C(=O)Nc1ccc(Oc2ccccc2)cc1. The van der Waals surface area contributed by atoms with E-state index in [9.17, 15) is 9.59 Å². The molecule has 0 spiro atoms. The van der Waals surface area contributed by atoms with E-state index in [1.807, 2.05) is 60.7 Å². The molecule has 0 aliphatic heterocycles. The van der Waals surface area contributed by atoms with Crippen molar-refractivity contribution in [2.45, 2.75) is 0 Å². The molecule has 0 aromatic heterocycles. The van der Waals surface area contributed by atoms with Gasteiger partial charge in [0.1, 0.15) is 23.0 Å². The van der Waals surface area contributed by atoms with Crippen LogP contribution in [0.4, 0.5) is 11.4 Å². The second-order valence-corrected chi connectivity index (χ2v) is 8.39. The van der Waals surface area contributed by atoms with Crippen molar-refractivity contribution in [2.75, 3.05) is 10.6 Å². The highest BCUT2D eigenvalue weighted by atomic mass is 16.5. The Morgan fingerprint density at radius 1 is 0.528 bits per heavy atom. The lowest BCUT2D eigenvalue weighted by Crippen LogP contribution is -2.20. The fourth-order valence-corrected chi connectivity index (χ4v) is 3.86. The smallest absolute Gasteiger partial charge is 0.232 e. The van der Waals surface area contributed by atoms with Crippen LogP contribution in [-0.4, -0.2) is 11.8 Å². The van der Waals surface area contributed by atoms with Crippen LogP contribution in [0, 0.1) is 11.8 Å². The van der Waals surface area contributed by atoms with Crippen LogP contribution < -0.4 is 20.1 Å². The van der Waals surface area contributed by atoms with Crippen LogP contribution in [0.5, 0.6) is 23.0 Å². The average molecular weight is 477 g/mol. The topological polar surface area (TPSA) is 76.7 Å². The van der Waals surface area contributed by atoms with Crippen LogP contribution in [0.2, 0.25) is 0 Å². The Bertz CT molecular complexity index is 1260. The third-order valence-corrected chi connectivity index (χ3v) is 5.79. The molecule has 2 atom stereocenters. The van der Waals surface area contributed by atoms with Crippen LogP contribution in [0.25, 0.3) is 0 Å². The Hall–Kier alpha value is -4.84. The lowest BCUT2D eigenvalue weighted by atomic mass is 10.2. The van der Waals surface area contributed by atoms with Crippen molar-refractivity contribution in [3.63, 3.8) is 0 Å². The van der Waals surface area contributed by atoms with Crippen molar-refractivity contribution >= 4 is 23.2 Å². The Labute approximate surface area is 209 Å². The summed E-state index contributed by atoms with van der Waals surface area (Å²) in [4.78, 5) is 25.5. The van der Waals surface area contributed by atoms with Gasteiger partial charge in [-0.3, -0.25) is 9.59 Å². The van der Waals surface area contributed by atoms with E-state index in [1.165, 1.54) is 0 Å². The molecule has 4 aromatic carbocycles. The first-order valence-corrected chi connectivity index (χ1v) is 11.5. The van der Waals surface area contributed by atoms with E-state index in [4.69, 9.17) is 9.47 Å². The molecule has 1 fully saturated rings. The fourth-order valence-electron chi connectivity index (χ4n) is 3.86. The second-order valence-electron chi connectivity index (χ2n) is 8.39. The summed E-state index contributed by atoms with van der Waals surface area (Å²) in [5, 5.41) is 5.71. The van der Waals surface area contributed by atoms with Gasteiger partial charge in [0.25, 0.3) is 0 Å². The molecule has 36 heavy (non-hydrogen) atoms. The van der Waals surface area contributed by atoms with Gasteiger partial charge in [-0.2, -0.15) is 0 Å². The van der Waals surface area contributed by atoms with Gasteiger partial charge in [-0.25, -0.2) is 0 Å². The highest BCUT2D eigenvalue weighted by Gasteiger charge is 2.52. The molecule has 0 bridgehead atoms. The zero-order chi connectivity index (χ0) is 24.9. The van der Waals surface area contributed by atoms with Crippen LogP contribution in [0.3, 0.4) is 0 Å². The second kappa shape index (κ2) is 10.2. The molecule has 1 saturated carbocycles. The van der Waals surface area contributed by atoms with Gasteiger partial charge < -0.3 is 20.1 Å². The zero-order valence-corrected chi connectivity index (χ0v) is 19.4. The summed E-state index contributed by atoms with van der Waals surface area (Å²) in [6.07, 6.45) is 0. The zero-order valence-electron chi connectivity index (χ0n) is 19.4. The molecule has 1 aliphatic carbocycles. The molecule has 6 heteroatoms. The summed E-state index contributed by atoms with van der Waals surface area (Å²) < 4.78 is 11.5. The maximum absolute atomic E-state index is 12.7. The fraction of sp³-hybridized carbons (Fsp3) is 0.0667. The standard InChI is InChI=1S/C30H24N2O4/c1-20-27(29(33)31-21-12-16-25(17-13-21)35-23-8-4-2-5-9-23)28(20)30(34)32-22-14-18-26(19-15-22)36-24-10-6-3-7-11-24/h2-19,27-28H,1H2,(H,31,33)(H,32,34)/t27-,28+. The number of hydrogen-bond acceptors (Lipinski definition) is 4. The average Bonchev–Trinajstić information content (AvgIpc) is 3.59. The van der Waals surface area contributed by atoms with Crippen LogP contribution in [0.1, 0.15) is 0 Å². The monoisotopic (exact) mass is 476 g/mol. The number of anilines is 2. The summed E-state index contributed by atoms with van der Waals surface area (Å²) in [7, 11) is 0. The molecule has 0 heterocycles. The number of ether oxygens (including phenoxy) is 2. The Balaban J connectivity index is 1.13. The quantitative estimate of drug-likeness (QED) is 0.279. The molecule has 2 N–H and O–H groups in total. The van der Waals surface area contributed by atoms with Crippen LogP contribution in [0.15, 0.2) is 121 Å². The van der Waals surface area contributed by atoms with Gasteiger partial charge in [0.15, 0.2) is 0 Å². The first kappa shape index (κ1) is 22.9. The summed E-state index contributed by atoms with van der Waals surface area (Å²) in [6.45, 7) is 3.92. The summed E-state index contributed by atoms with van der Waals surface area (Å²) in [5.41, 5.74) is 1.83. The number of nitrogens with one attached hydrogen (secondary N) is 2. The Kier molecular flexibility index (Phi) is 6.49. The Morgan fingerprint density at radius 2 is 0.861 bits per heavy atom. The number of para-hydroxylation sites is 2. The highest BCUT2D eigenvalue weighted by molar-refractivity contribution is 6.08. The van der Waals surface area contributed by atoms with Crippen molar-refractivity contribution in [1.29, 1.82) is 0 Å². The lowest BCUT2D eigenvalue weighted by molar-refractivity contribution is -0.122. The highest BCUT2D eigenvalue weighted by Crippen LogP contribution is 2.45. The molecule has 6 nitrogen and oxygen atoms in total. The van der Waals surface area contributed by atoms with Gasteiger partial charge >= 0.3 is 0 Å². The first-order valence-electron chi connectivity index (χ1n) is 11.5. The predicted octanol–water partition coefficient (Wildman–Crippen LogP) is 6.65. The number of hydrogen-bond donors (Lipinski definition) is 2. The molecule has 1 aliphatic rings. The maximum Gasteiger partial charge on any atom is 0.232 e. The van der Waals surface area contributed by atoms with Crippen molar-refractivity contribution in [3.05, 3.63) is 121 Å². The minimum atomic E-state index is -0.564. The van der Waals surface area contributed by atoms with Crippen molar-refractivity contribution < 1.29 is 19.1 Å². The van der Waals surface area contributed by atoms with E-state index in [0.29, 0.717) is 28.4 Å². The van der Waals surface area contributed by atoms with E-state index in [0.717, 1.165) is 11.5 Å². The molecule has 178 valence electrons. The number of carbonyl (C=O) groups excluding carboxylic acids is 2. The third kappa shape index (κ3) is 5.45. The van der Waals surface area contributed by atoms with E-state index in [2.05, 4.69) is 17.2 Å². The van der Waals surface area contributed by atoms with E-state index < -0.39 is 11.8 Å². The van der Waals surface area contributed by atoms with Crippen LogP contribution in [-0.2, 0) is 9.59 Å². The Morgan fingerprint density at radius 3 is 1.22 bits per heavy atom. The molecule has 0 unspecified atom stereocenters. The molecule has 5 rings (SSSR count). The van der Waals surface area contributed by atoms with Gasteiger partial charge in [-0.05, 0) is 72.8 Å². The molecular formula is C30H24N2O4. The minimum Gasteiger partial charge on any atom is -0.457 e. The minimum absolute atomic E-state index is 0.261. The number of rotatable bonds is 8. The van der Waals surface area contributed by atoms with Gasteiger partial charge in [-0.1, -0.05) is 48.6 Å². The number of amides is 2. The van der Waals surface area contributed by atoms with Gasteiger partial charge in [0, 0.05) is 11.4 Å². The van der Waals surface area contributed by atoms with Crippen molar-refractivity contribution in [2.24, 2.45) is 11.8 Å². The summed E-state index contributed by atoms with van der Waals surface area (Å²) in [6, 6.07) is 33.0. The number of carbonyl (C=O) groups is 2. The molecular weight excluding hydrogens is 452 g/mol. The summed E-state index contributed by atoms with van der Waals surface area (Å²) >= 11 is 0. The number of benzene rings is 4. The van der Waals surface area contributed by atoms with Gasteiger partial charge in [-0.15, -0.1) is 0 Å². The normalized spacial score (nSPS) is 16.1. The van der Waals surface area contributed by atoms with E-state index >= 15 is 0 Å². The molecule has 4 aromatic rings. The molecule has 0 saturated heterocycles. The first-order chi connectivity index (χ1) is 17.6. The van der Waals surface area contributed by atoms with Crippen molar-refractivity contribution in [1.82, 2.24) is 0 Å². The lowest BCUT2D eigenvalue weighted by Gasteiger charge is -2.09. The summed E-state index contributed by atoms with van der Waals surface area (Å²) in [5.74, 6) is 1.13. The maximum atomic E-state index is 12.7. The molecule has 2 amide bonds. The van der Waals surface area contributed by atoms with Gasteiger partial charge in [0.05, 0.1) is 11.8 Å². The van der Waals surface area contributed by atoms with Crippen molar-refractivity contribution in [3.8, 4) is 23.0 Å². The predicted molar refractivity (Wildman–Crippen MR) is 139 cm³/mol. The third-order valence-electron chi connectivity index (χ3n) is 5.79.